The Labute approximate surface area is 125 Å². The van der Waals surface area contributed by atoms with Crippen molar-refractivity contribution in [3.63, 3.8) is 0 Å². The van der Waals surface area contributed by atoms with Crippen LogP contribution in [0.15, 0.2) is 23.1 Å². The van der Waals surface area contributed by atoms with Gasteiger partial charge < -0.3 is 16.0 Å². The highest BCUT2D eigenvalue weighted by atomic mass is 32.2. The molecule has 0 saturated carbocycles. The smallest absolute Gasteiger partial charge is 0.238 e. The summed E-state index contributed by atoms with van der Waals surface area (Å²) in [7, 11) is -3.70. The SMILES string of the molecule is Nc1ccc(S(N)(=O)=O)cc1NC1CCN2CCCC2C1. The highest BCUT2D eigenvalue weighted by Crippen LogP contribution is 2.30. The molecular formula is C14H22N4O2S. The molecule has 0 aliphatic carbocycles. The largest absolute Gasteiger partial charge is 0.397 e. The van der Waals surface area contributed by atoms with Crippen LogP contribution in [0.1, 0.15) is 25.7 Å². The second-order valence-electron chi connectivity index (χ2n) is 5.99. The summed E-state index contributed by atoms with van der Waals surface area (Å²) in [4.78, 5) is 2.64. The summed E-state index contributed by atoms with van der Waals surface area (Å²) in [5.41, 5.74) is 7.17. The van der Waals surface area contributed by atoms with E-state index >= 15 is 0 Å². The number of nitrogen functional groups attached to an aromatic ring is 1. The molecule has 0 bridgehead atoms. The third kappa shape index (κ3) is 3.14. The Hall–Kier alpha value is -1.31. The zero-order chi connectivity index (χ0) is 15.0. The number of nitrogens with two attached hydrogens (primary N) is 2. The molecule has 7 heteroatoms. The highest BCUT2D eigenvalue weighted by molar-refractivity contribution is 7.89. The maximum Gasteiger partial charge on any atom is 0.238 e. The van der Waals surface area contributed by atoms with Gasteiger partial charge in [-0.2, -0.15) is 0 Å². The molecule has 6 nitrogen and oxygen atoms in total. The van der Waals surface area contributed by atoms with E-state index in [9.17, 15) is 8.42 Å². The van der Waals surface area contributed by atoms with Crippen molar-refractivity contribution in [1.82, 2.24) is 4.90 Å². The number of nitrogens with one attached hydrogen (secondary N) is 1. The van der Waals surface area contributed by atoms with E-state index in [0.29, 0.717) is 23.5 Å². The third-order valence-electron chi connectivity index (χ3n) is 4.53. The van der Waals surface area contributed by atoms with Crippen LogP contribution in [-0.2, 0) is 10.0 Å². The van der Waals surface area contributed by atoms with Gasteiger partial charge in [-0.1, -0.05) is 0 Å². The minimum absolute atomic E-state index is 0.0949. The molecule has 1 aromatic rings. The summed E-state index contributed by atoms with van der Waals surface area (Å²) < 4.78 is 22.9. The molecule has 0 aromatic heterocycles. The molecule has 2 aliphatic heterocycles. The van der Waals surface area contributed by atoms with E-state index in [1.165, 1.54) is 31.5 Å². The van der Waals surface area contributed by atoms with Gasteiger partial charge >= 0.3 is 0 Å². The Balaban J connectivity index is 1.75. The van der Waals surface area contributed by atoms with Gasteiger partial charge in [0.2, 0.25) is 10.0 Å². The molecule has 116 valence electrons. The lowest BCUT2D eigenvalue weighted by Gasteiger charge is -2.35. The first-order valence-corrected chi connectivity index (χ1v) is 8.91. The normalized spacial score (nSPS) is 26.5. The molecule has 2 heterocycles. The number of nitrogens with zero attached hydrogens (tertiary/aromatic N) is 1. The molecule has 2 fully saturated rings. The van der Waals surface area contributed by atoms with Crippen LogP contribution in [0.3, 0.4) is 0 Å². The predicted molar refractivity (Wildman–Crippen MR) is 83.5 cm³/mol. The van der Waals surface area contributed by atoms with Crippen molar-refractivity contribution in [3.8, 4) is 0 Å². The Morgan fingerprint density at radius 1 is 1.24 bits per heavy atom. The first-order valence-electron chi connectivity index (χ1n) is 7.36. The number of piperidine rings is 1. The molecule has 21 heavy (non-hydrogen) atoms. The van der Waals surface area contributed by atoms with Crippen LogP contribution in [0.5, 0.6) is 0 Å². The fraction of sp³-hybridized carbons (Fsp3) is 0.571. The van der Waals surface area contributed by atoms with Crippen molar-refractivity contribution in [2.75, 3.05) is 24.1 Å². The molecule has 2 aliphatic rings. The summed E-state index contributed by atoms with van der Waals surface area (Å²) in [5.74, 6) is 0. The number of hydrogen-bond donors (Lipinski definition) is 3. The van der Waals surface area contributed by atoms with Gasteiger partial charge in [0.25, 0.3) is 0 Å². The van der Waals surface area contributed by atoms with Crippen LogP contribution in [0.25, 0.3) is 0 Å². The molecular weight excluding hydrogens is 288 g/mol. The van der Waals surface area contributed by atoms with Gasteiger partial charge in [-0.3, -0.25) is 0 Å². The number of rotatable bonds is 3. The second-order valence-corrected chi connectivity index (χ2v) is 7.55. The van der Waals surface area contributed by atoms with E-state index in [-0.39, 0.29) is 4.90 Å². The van der Waals surface area contributed by atoms with Crippen LogP contribution in [0, 0.1) is 0 Å². The van der Waals surface area contributed by atoms with E-state index < -0.39 is 10.0 Å². The fourth-order valence-corrected chi connectivity index (χ4v) is 3.95. The third-order valence-corrected chi connectivity index (χ3v) is 5.44. The van der Waals surface area contributed by atoms with Crippen LogP contribution in [0.4, 0.5) is 11.4 Å². The monoisotopic (exact) mass is 310 g/mol. The number of hydrogen-bond acceptors (Lipinski definition) is 5. The maximum atomic E-state index is 11.4. The van der Waals surface area contributed by atoms with Gasteiger partial charge in [0.1, 0.15) is 0 Å². The lowest BCUT2D eigenvalue weighted by Crippen LogP contribution is -2.42. The number of benzene rings is 1. The van der Waals surface area contributed by atoms with Crippen molar-refractivity contribution in [2.45, 2.75) is 42.7 Å². The first kappa shape index (κ1) is 14.6. The number of anilines is 2. The van der Waals surface area contributed by atoms with Crippen LogP contribution in [-0.4, -0.2) is 38.5 Å². The number of fused-ring (bicyclic) bond motifs is 1. The Kier molecular flexibility index (Phi) is 3.81. The summed E-state index contributed by atoms with van der Waals surface area (Å²) in [6, 6.07) is 5.55. The quantitative estimate of drug-likeness (QED) is 0.722. The van der Waals surface area contributed by atoms with Crippen molar-refractivity contribution in [1.29, 1.82) is 0 Å². The van der Waals surface area contributed by atoms with Gasteiger partial charge in [0.15, 0.2) is 0 Å². The molecule has 0 radical (unpaired) electrons. The van der Waals surface area contributed by atoms with Crippen LogP contribution in [0.2, 0.25) is 0 Å². The Morgan fingerprint density at radius 3 is 2.81 bits per heavy atom. The van der Waals surface area contributed by atoms with E-state index in [1.54, 1.807) is 6.07 Å². The summed E-state index contributed by atoms with van der Waals surface area (Å²) in [6.07, 6.45) is 4.67. The van der Waals surface area contributed by atoms with Crippen molar-refractivity contribution in [2.24, 2.45) is 5.14 Å². The first-order chi connectivity index (χ1) is 9.93. The minimum Gasteiger partial charge on any atom is -0.397 e. The zero-order valence-electron chi connectivity index (χ0n) is 12.0. The molecule has 0 amide bonds. The average Bonchev–Trinajstić information content (AvgIpc) is 2.87. The Morgan fingerprint density at radius 2 is 2.05 bits per heavy atom. The summed E-state index contributed by atoms with van der Waals surface area (Å²) in [6.45, 7) is 2.30. The summed E-state index contributed by atoms with van der Waals surface area (Å²) >= 11 is 0. The lowest BCUT2D eigenvalue weighted by molar-refractivity contribution is 0.188. The van der Waals surface area contributed by atoms with Crippen molar-refractivity contribution < 1.29 is 8.42 Å². The van der Waals surface area contributed by atoms with E-state index in [2.05, 4.69) is 10.2 Å². The fourth-order valence-electron chi connectivity index (χ4n) is 3.41. The van der Waals surface area contributed by atoms with Gasteiger partial charge in [0.05, 0.1) is 16.3 Å². The van der Waals surface area contributed by atoms with E-state index in [0.717, 1.165) is 19.4 Å². The van der Waals surface area contributed by atoms with Gasteiger partial charge in [-0.25, -0.2) is 13.6 Å². The zero-order valence-corrected chi connectivity index (χ0v) is 12.8. The van der Waals surface area contributed by atoms with Crippen LogP contribution >= 0.6 is 0 Å². The Bertz CT molecular complexity index is 632. The predicted octanol–water partition coefficient (Wildman–Crippen LogP) is 0.955. The molecule has 5 N–H and O–H groups in total. The topological polar surface area (TPSA) is 101 Å². The van der Waals surface area contributed by atoms with Crippen molar-refractivity contribution in [3.05, 3.63) is 18.2 Å². The minimum atomic E-state index is -3.70. The molecule has 1 aromatic carbocycles. The van der Waals surface area contributed by atoms with Gasteiger partial charge in [-0.15, -0.1) is 0 Å². The highest BCUT2D eigenvalue weighted by Gasteiger charge is 2.31. The number of primary sulfonamides is 1. The molecule has 2 unspecified atom stereocenters. The van der Waals surface area contributed by atoms with Crippen molar-refractivity contribution >= 4 is 21.4 Å². The van der Waals surface area contributed by atoms with Gasteiger partial charge in [0, 0.05) is 18.6 Å². The molecule has 2 atom stereocenters. The van der Waals surface area contributed by atoms with E-state index in [1.807, 2.05) is 0 Å². The number of sulfonamides is 1. The maximum absolute atomic E-state index is 11.4. The van der Waals surface area contributed by atoms with E-state index in [4.69, 9.17) is 10.9 Å². The molecule has 0 spiro atoms. The van der Waals surface area contributed by atoms with Gasteiger partial charge in [-0.05, 0) is 50.4 Å². The second kappa shape index (κ2) is 5.47. The summed E-state index contributed by atoms with van der Waals surface area (Å²) in [5, 5.41) is 8.58. The standard InChI is InChI=1S/C14H22N4O2S/c15-13-4-3-12(21(16,19)20)9-14(13)17-10-5-7-18-6-1-2-11(18)8-10/h3-4,9-11,17H,1-2,5-8,15H2,(H2,16,19,20). The molecule has 3 rings (SSSR count). The molecule has 2 saturated heterocycles. The lowest BCUT2D eigenvalue weighted by atomic mass is 9.97. The average molecular weight is 310 g/mol. The van der Waals surface area contributed by atoms with Crippen LogP contribution < -0.4 is 16.2 Å².